The average Bonchev–Trinajstić information content (AvgIpc) is 1.59. The molecule has 0 aromatic rings. The molecule has 0 heterocycles. The van der Waals surface area contributed by atoms with Crippen LogP contribution in [-0.2, 0) is 0 Å². The minimum absolute atomic E-state index is 0.0573. The Morgan fingerprint density at radius 2 is 1.30 bits per heavy atom. The maximum absolute atomic E-state index is 5.97. The van der Waals surface area contributed by atoms with Crippen molar-refractivity contribution < 1.29 is 0 Å². The second-order valence-corrected chi connectivity index (χ2v) is 4.91. The lowest BCUT2D eigenvalue weighted by Gasteiger charge is -2.37. The summed E-state index contributed by atoms with van der Waals surface area (Å²) < 4.78 is 0. The van der Waals surface area contributed by atoms with Crippen LogP contribution in [0.25, 0.3) is 0 Å². The lowest BCUT2D eigenvalue weighted by Crippen LogP contribution is -2.45. The highest BCUT2D eigenvalue weighted by molar-refractivity contribution is 4.86. The highest BCUT2D eigenvalue weighted by Crippen LogP contribution is 2.32. The highest BCUT2D eigenvalue weighted by Gasteiger charge is 2.30. The van der Waals surface area contributed by atoms with E-state index in [1.807, 2.05) is 0 Å². The second-order valence-electron chi connectivity index (χ2n) is 4.91. The number of rotatable bonds is 1. The molecular formula is C9H21N. The van der Waals surface area contributed by atoms with Crippen molar-refractivity contribution in [2.24, 2.45) is 17.1 Å². The molecule has 0 aliphatic rings. The Morgan fingerprint density at radius 3 is 1.30 bits per heavy atom. The Morgan fingerprint density at radius 1 is 1.00 bits per heavy atom. The zero-order valence-corrected chi connectivity index (χ0v) is 8.15. The summed E-state index contributed by atoms with van der Waals surface area (Å²) in [5.74, 6) is 0.542. The van der Waals surface area contributed by atoms with Crippen molar-refractivity contribution in [1.29, 1.82) is 0 Å². The molecule has 0 saturated carbocycles. The van der Waals surface area contributed by atoms with Crippen molar-refractivity contribution in [3.8, 4) is 0 Å². The minimum atomic E-state index is -0.0573. The van der Waals surface area contributed by atoms with E-state index in [4.69, 9.17) is 5.73 Å². The molecule has 0 aromatic heterocycles. The molecule has 2 N–H and O–H groups in total. The van der Waals surface area contributed by atoms with Crippen molar-refractivity contribution in [2.75, 3.05) is 0 Å². The zero-order valence-electron chi connectivity index (χ0n) is 8.15. The largest absolute Gasteiger partial charge is 0.325 e. The van der Waals surface area contributed by atoms with Gasteiger partial charge in [-0.15, -0.1) is 0 Å². The molecule has 0 aliphatic heterocycles. The summed E-state index contributed by atoms with van der Waals surface area (Å²) in [6.07, 6.45) is 0. The predicted molar refractivity (Wildman–Crippen MR) is 46.9 cm³/mol. The topological polar surface area (TPSA) is 26.0 Å². The van der Waals surface area contributed by atoms with Crippen LogP contribution >= 0.6 is 0 Å². The third-order valence-electron chi connectivity index (χ3n) is 2.42. The fourth-order valence-corrected chi connectivity index (χ4v) is 1.12. The summed E-state index contributed by atoms with van der Waals surface area (Å²) in [4.78, 5) is 0. The molecule has 0 spiro atoms. The molecule has 0 radical (unpaired) electrons. The van der Waals surface area contributed by atoms with Crippen molar-refractivity contribution in [2.45, 2.75) is 47.1 Å². The van der Waals surface area contributed by atoms with Crippen molar-refractivity contribution in [3.05, 3.63) is 0 Å². The second kappa shape index (κ2) is 2.54. The first kappa shape index (κ1) is 9.96. The summed E-state index contributed by atoms with van der Waals surface area (Å²) in [6, 6.07) is 0. The van der Waals surface area contributed by atoms with Crippen LogP contribution in [0, 0.1) is 11.3 Å². The van der Waals surface area contributed by atoms with E-state index in [-0.39, 0.29) is 5.54 Å². The molecule has 1 heteroatoms. The minimum Gasteiger partial charge on any atom is -0.325 e. The normalized spacial score (nSPS) is 17.1. The fourth-order valence-electron chi connectivity index (χ4n) is 1.12. The lowest BCUT2D eigenvalue weighted by atomic mass is 9.72. The summed E-state index contributed by atoms with van der Waals surface area (Å²) >= 11 is 0. The predicted octanol–water partition coefficient (Wildman–Crippen LogP) is 2.41. The van der Waals surface area contributed by atoms with Crippen LogP contribution in [0.4, 0.5) is 0 Å². The smallest absolute Gasteiger partial charge is 0.0128 e. The van der Waals surface area contributed by atoms with E-state index in [1.54, 1.807) is 0 Å². The first-order valence-electron chi connectivity index (χ1n) is 3.94. The van der Waals surface area contributed by atoms with Gasteiger partial charge in [-0.25, -0.2) is 0 Å². The third-order valence-corrected chi connectivity index (χ3v) is 2.42. The maximum Gasteiger partial charge on any atom is 0.0128 e. The molecule has 0 rings (SSSR count). The molecule has 62 valence electrons. The first-order valence-corrected chi connectivity index (χ1v) is 3.94. The number of hydrogen-bond acceptors (Lipinski definition) is 1. The Bertz CT molecular complexity index is 88.9. The van der Waals surface area contributed by atoms with Gasteiger partial charge in [0.2, 0.25) is 0 Å². The molecule has 0 amide bonds. The van der Waals surface area contributed by atoms with E-state index in [9.17, 15) is 0 Å². The molecular weight excluding hydrogens is 122 g/mol. The lowest BCUT2D eigenvalue weighted by molar-refractivity contribution is 0.170. The van der Waals surface area contributed by atoms with Gasteiger partial charge in [-0.05, 0) is 25.2 Å². The summed E-state index contributed by atoms with van der Waals surface area (Å²) in [5.41, 5.74) is 6.23. The van der Waals surface area contributed by atoms with E-state index in [0.717, 1.165) is 0 Å². The van der Waals surface area contributed by atoms with Gasteiger partial charge in [0, 0.05) is 5.54 Å². The van der Waals surface area contributed by atoms with Crippen LogP contribution in [0.5, 0.6) is 0 Å². The van der Waals surface area contributed by atoms with Gasteiger partial charge < -0.3 is 5.73 Å². The molecule has 0 bridgehead atoms. The molecule has 10 heavy (non-hydrogen) atoms. The fraction of sp³-hybridized carbons (Fsp3) is 1.00. The maximum atomic E-state index is 5.97. The quantitative estimate of drug-likeness (QED) is 0.599. The van der Waals surface area contributed by atoms with Crippen LogP contribution in [0.3, 0.4) is 0 Å². The van der Waals surface area contributed by atoms with Crippen LogP contribution in [0.15, 0.2) is 0 Å². The first-order chi connectivity index (χ1) is 4.15. The number of nitrogens with two attached hydrogens (primary N) is 1. The highest BCUT2D eigenvalue weighted by atomic mass is 14.7. The van der Waals surface area contributed by atoms with E-state index in [0.29, 0.717) is 11.3 Å². The Hall–Kier alpha value is -0.0400. The van der Waals surface area contributed by atoms with E-state index < -0.39 is 0 Å². The molecule has 0 aromatic carbocycles. The average molecular weight is 143 g/mol. The zero-order chi connectivity index (χ0) is 8.58. The van der Waals surface area contributed by atoms with Crippen molar-refractivity contribution in [3.63, 3.8) is 0 Å². The monoisotopic (exact) mass is 143 g/mol. The molecule has 1 atom stereocenters. The van der Waals surface area contributed by atoms with Gasteiger partial charge in [0.05, 0.1) is 0 Å². The molecule has 0 fully saturated rings. The SMILES string of the molecule is C[C@H](C(C)(C)C)C(C)(C)N. The van der Waals surface area contributed by atoms with Gasteiger partial charge in [-0.2, -0.15) is 0 Å². The van der Waals surface area contributed by atoms with Gasteiger partial charge >= 0.3 is 0 Å². The van der Waals surface area contributed by atoms with Gasteiger partial charge in [-0.3, -0.25) is 0 Å². The molecule has 1 nitrogen and oxygen atoms in total. The van der Waals surface area contributed by atoms with Crippen LogP contribution < -0.4 is 5.73 Å². The molecule has 0 aliphatic carbocycles. The third kappa shape index (κ3) is 2.70. The molecule has 0 saturated heterocycles. The Kier molecular flexibility index (Phi) is 2.53. The standard InChI is InChI=1S/C9H21N/c1-7(8(2,3)4)9(5,6)10/h7H,10H2,1-6H3/t7-/m1/s1. The van der Waals surface area contributed by atoms with Crippen molar-refractivity contribution in [1.82, 2.24) is 0 Å². The van der Waals surface area contributed by atoms with Gasteiger partial charge in [-0.1, -0.05) is 27.7 Å². The number of hydrogen-bond donors (Lipinski definition) is 1. The van der Waals surface area contributed by atoms with Crippen molar-refractivity contribution >= 4 is 0 Å². The Labute approximate surface area is 65.0 Å². The summed E-state index contributed by atoms with van der Waals surface area (Å²) in [6.45, 7) is 13.1. The van der Waals surface area contributed by atoms with Gasteiger partial charge in [0.15, 0.2) is 0 Å². The van der Waals surface area contributed by atoms with E-state index >= 15 is 0 Å². The van der Waals surface area contributed by atoms with Crippen LogP contribution in [0.2, 0.25) is 0 Å². The summed E-state index contributed by atoms with van der Waals surface area (Å²) in [7, 11) is 0. The van der Waals surface area contributed by atoms with Gasteiger partial charge in [0.1, 0.15) is 0 Å². The van der Waals surface area contributed by atoms with E-state index in [1.165, 1.54) is 0 Å². The van der Waals surface area contributed by atoms with Crippen LogP contribution in [0.1, 0.15) is 41.5 Å². The van der Waals surface area contributed by atoms with E-state index in [2.05, 4.69) is 41.5 Å². The molecule has 0 unspecified atom stereocenters. The van der Waals surface area contributed by atoms with Crippen LogP contribution in [-0.4, -0.2) is 5.54 Å². The summed E-state index contributed by atoms with van der Waals surface area (Å²) in [5, 5.41) is 0. The Balaban J connectivity index is 4.23. The van der Waals surface area contributed by atoms with Gasteiger partial charge in [0.25, 0.3) is 0 Å².